The van der Waals surface area contributed by atoms with Gasteiger partial charge in [0.2, 0.25) is 0 Å². The number of hydrogen-bond donors (Lipinski definition) is 0. The van der Waals surface area contributed by atoms with Crippen molar-refractivity contribution in [1.82, 2.24) is 14.8 Å². The van der Waals surface area contributed by atoms with Crippen molar-refractivity contribution in [1.29, 1.82) is 0 Å². The van der Waals surface area contributed by atoms with Crippen molar-refractivity contribution in [3.05, 3.63) is 42.5 Å². The minimum atomic E-state index is 0.564. The summed E-state index contributed by atoms with van der Waals surface area (Å²) in [5, 5.41) is 4.38. The minimum Gasteiger partial charge on any atom is -0.375 e. The number of hydrogen-bond acceptors (Lipinski definition) is 3. The van der Waals surface area contributed by atoms with Crippen molar-refractivity contribution in [3.8, 4) is 5.69 Å². The van der Waals surface area contributed by atoms with Crippen LogP contribution in [0.25, 0.3) is 5.69 Å². The van der Waals surface area contributed by atoms with Crippen molar-refractivity contribution in [2.75, 3.05) is 6.61 Å². The molecular weight excluding hydrogens is 190 g/mol. The van der Waals surface area contributed by atoms with Crippen molar-refractivity contribution >= 4 is 0 Å². The van der Waals surface area contributed by atoms with E-state index in [0.29, 0.717) is 13.2 Å². The quantitative estimate of drug-likeness (QED) is 0.760. The van der Waals surface area contributed by atoms with Gasteiger partial charge in [0, 0.05) is 25.2 Å². The van der Waals surface area contributed by atoms with Crippen molar-refractivity contribution in [2.45, 2.75) is 13.5 Å². The predicted octanol–water partition coefficient (Wildman–Crippen LogP) is 1.80. The Kier molecular flexibility index (Phi) is 3.09. The molecule has 0 fully saturated rings. The summed E-state index contributed by atoms with van der Waals surface area (Å²) >= 11 is 0. The molecule has 0 saturated heterocycles. The van der Waals surface area contributed by atoms with E-state index in [0.717, 1.165) is 11.4 Å². The molecule has 0 aliphatic rings. The lowest BCUT2D eigenvalue weighted by Crippen LogP contribution is -1.97. The third-order valence-corrected chi connectivity index (χ3v) is 2.03. The van der Waals surface area contributed by atoms with Crippen molar-refractivity contribution < 1.29 is 4.74 Å². The molecule has 2 aromatic rings. The molecule has 0 aliphatic carbocycles. The Hall–Kier alpha value is -1.68. The highest BCUT2D eigenvalue weighted by Gasteiger charge is 2.00. The first-order chi connectivity index (χ1) is 7.40. The lowest BCUT2D eigenvalue weighted by Gasteiger charge is -1.99. The molecule has 0 N–H and O–H groups in total. The minimum absolute atomic E-state index is 0.564. The smallest absolute Gasteiger partial charge is 0.0906 e. The van der Waals surface area contributed by atoms with E-state index in [-0.39, 0.29) is 0 Å². The second-order valence-corrected chi connectivity index (χ2v) is 3.09. The highest BCUT2D eigenvalue weighted by atomic mass is 16.5. The van der Waals surface area contributed by atoms with Gasteiger partial charge in [-0.25, -0.2) is 4.68 Å². The molecule has 0 aromatic carbocycles. The number of pyridine rings is 1. The van der Waals surface area contributed by atoms with Crippen LogP contribution >= 0.6 is 0 Å². The van der Waals surface area contributed by atoms with E-state index in [1.165, 1.54) is 0 Å². The predicted molar refractivity (Wildman–Crippen MR) is 56.7 cm³/mol. The van der Waals surface area contributed by atoms with E-state index in [2.05, 4.69) is 10.1 Å². The monoisotopic (exact) mass is 203 g/mol. The van der Waals surface area contributed by atoms with Crippen LogP contribution in [0.1, 0.15) is 12.6 Å². The Morgan fingerprint density at radius 2 is 2.07 bits per heavy atom. The first kappa shape index (κ1) is 9.86. The standard InChI is InChI=1S/C11H13N3O/c1-2-15-9-10-5-8-14(13-10)11-3-6-12-7-4-11/h3-8H,2,9H2,1H3. The van der Waals surface area contributed by atoms with E-state index in [9.17, 15) is 0 Å². The molecule has 0 atom stereocenters. The SMILES string of the molecule is CCOCc1ccn(-c2ccncc2)n1. The molecule has 78 valence electrons. The average molecular weight is 203 g/mol. The fourth-order valence-corrected chi connectivity index (χ4v) is 1.29. The molecular formula is C11H13N3O. The molecule has 0 radical (unpaired) electrons. The lowest BCUT2D eigenvalue weighted by atomic mass is 10.4. The fourth-order valence-electron chi connectivity index (χ4n) is 1.29. The van der Waals surface area contributed by atoms with Crippen LogP contribution in [-0.4, -0.2) is 21.4 Å². The molecule has 0 saturated carbocycles. The summed E-state index contributed by atoms with van der Waals surface area (Å²) in [5.74, 6) is 0. The maximum atomic E-state index is 5.28. The van der Waals surface area contributed by atoms with Gasteiger partial charge in [0.05, 0.1) is 18.0 Å². The van der Waals surface area contributed by atoms with Gasteiger partial charge >= 0.3 is 0 Å². The molecule has 4 heteroatoms. The second-order valence-electron chi connectivity index (χ2n) is 3.09. The summed E-state index contributed by atoms with van der Waals surface area (Å²) < 4.78 is 7.10. The number of nitrogens with zero attached hydrogens (tertiary/aromatic N) is 3. The van der Waals surface area contributed by atoms with Gasteiger partial charge in [0.15, 0.2) is 0 Å². The highest BCUT2D eigenvalue weighted by Crippen LogP contribution is 2.06. The Morgan fingerprint density at radius 1 is 1.27 bits per heavy atom. The normalized spacial score (nSPS) is 10.5. The van der Waals surface area contributed by atoms with Gasteiger partial charge in [-0.05, 0) is 25.1 Å². The van der Waals surface area contributed by atoms with E-state index in [4.69, 9.17) is 4.74 Å². The van der Waals surface area contributed by atoms with Crippen molar-refractivity contribution in [2.24, 2.45) is 0 Å². The van der Waals surface area contributed by atoms with E-state index in [1.807, 2.05) is 36.0 Å². The first-order valence-corrected chi connectivity index (χ1v) is 4.93. The van der Waals surface area contributed by atoms with Crippen LogP contribution in [0.3, 0.4) is 0 Å². The van der Waals surface area contributed by atoms with Gasteiger partial charge in [-0.2, -0.15) is 5.10 Å². The molecule has 0 spiro atoms. The zero-order valence-electron chi connectivity index (χ0n) is 8.63. The topological polar surface area (TPSA) is 39.9 Å². The van der Waals surface area contributed by atoms with Crippen LogP contribution in [0, 0.1) is 0 Å². The van der Waals surface area contributed by atoms with E-state index >= 15 is 0 Å². The van der Waals surface area contributed by atoms with Gasteiger partial charge < -0.3 is 4.74 Å². The molecule has 0 bridgehead atoms. The molecule has 0 unspecified atom stereocenters. The molecule has 0 amide bonds. The Balaban J connectivity index is 2.14. The maximum Gasteiger partial charge on any atom is 0.0906 e. The molecule has 15 heavy (non-hydrogen) atoms. The maximum absolute atomic E-state index is 5.28. The largest absolute Gasteiger partial charge is 0.375 e. The van der Waals surface area contributed by atoms with E-state index < -0.39 is 0 Å². The zero-order chi connectivity index (χ0) is 10.5. The molecule has 2 rings (SSSR count). The molecule has 4 nitrogen and oxygen atoms in total. The summed E-state index contributed by atoms with van der Waals surface area (Å²) in [7, 11) is 0. The van der Waals surface area contributed by atoms with Crippen LogP contribution in [0.2, 0.25) is 0 Å². The summed E-state index contributed by atoms with van der Waals surface area (Å²) in [5.41, 5.74) is 1.95. The van der Waals surface area contributed by atoms with Crippen molar-refractivity contribution in [3.63, 3.8) is 0 Å². The average Bonchev–Trinajstić information content (AvgIpc) is 2.76. The zero-order valence-corrected chi connectivity index (χ0v) is 8.63. The van der Waals surface area contributed by atoms with E-state index in [1.54, 1.807) is 12.4 Å². The van der Waals surface area contributed by atoms with Crippen LogP contribution in [0.5, 0.6) is 0 Å². The fraction of sp³-hybridized carbons (Fsp3) is 0.273. The van der Waals surface area contributed by atoms with Crippen LogP contribution in [0.4, 0.5) is 0 Å². The van der Waals surface area contributed by atoms with Crippen LogP contribution in [0.15, 0.2) is 36.8 Å². The van der Waals surface area contributed by atoms with Gasteiger partial charge in [0.1, 0.15) is 0 Å². The first-order valence-electron chi connectivity index (χ1n) is 4.93. The molecule has 0 aliphatic heterocycles. The third kappa shape index (κ3) is 2.41. The third-order valence-electron chi connectivity index (χ3n) is 2.03. The number of ether oxygens (including phenoxy) is 1. The summed E-state index contributed by atoms with van der Waals surface area (Å²) in [6, 6.07) is 5.78. The number of rotatable bonds is 4. The number of aromatic nitrogens is 3. The summed E-state index contributed by atoms with van der Waals surface area (Å²) in [6.45, 7) is 3.25. The molecule has 2 heterocycles. The highest BCUT2D eigenvalue weighted by molar-refractivity contribution is 5.27. The Bertz CT molecular complexity index is 411. The van der Waals surface area contributed by atoms with Gasteiger partial charge in [-0.3, -0.25) is 4.98 Å². The molecule has 2 aromatic heterocycles. The Morgan fingerprint density at radius 3 is 2.80 bits per heavy atom. The second kappa shape index (κ2) is 4.70. The van der Waals surface area contributed by atoms with Gasteiger partial charge in [0.25, 0.3) is 0 Å². The van der Waals surface area contributed by atoms with Crippen LogP contribution in [-0.2, 0) is 11.3 Å². The summed E-state index contributed by atoms with van der Waals surface area (Å²) in [6.07, 6.45) is 5.42. The summed E-state index contributed by atoms with van der Waals surface area (Å²) in [4.78, 5) is 3.96. The Labute approximate surface area is 88.5 Å². The van der Waals surface area contributed by atoms with Crippen LogP contribution < -0.4 is 0 Å². The van der Waals surface area contributed by atoms with Gasteiger partial charge in [-0.1, -0.05) is 0 Å². The van der Waals surface area contributed by atoms with Gasteiger partial charge in [-0.15, -0.1) is 0 Å². The lowest BCUT2D eigenvalue weighted by molar-refractivity contribution is 0.131.